The van der Waals surface area contributed by atoms with Crippen LogP contribution in [0.4, 0.5) is 8.78 Å². The van der Waals surface area contributed by atoms with E-state index in [9.17, 15) is 13.6 Å². The summed E-state index contributed by atoms with van der Waals surface area (Å²) in [5.74, 6) is -1.31. The van der Waals surface area contributed by atoms with Gasteiger partial charge in [-0.3, -0.25) is 4.79 Å². The van der Waals surface area contributed by atoms with Crippen molar-refractivity contribution in [3.63, 3.8) is 0 Å². The first-order valence-corrected chi connectivity index (χ1v) is 7.95. The number of hydrogen-bond acceptors (Lipinski definition) is 2. The third-order valence-electron chi connectivity index (χ3n) is 3.00. The Hall–Kier alpha value is -1.59. The van der Waals surface area contributed by atoms with Crippen molar-refractivity contribution in [2.75, 3.05) is 5.75 Å². The normalized spacial score (nSPS) is 12.0. The van der Waals surface area contributed by atoms with Gasteiger partial charge >= 0.3 is 0 Å². The third kappa shape index (κ3) is 4.71. The number of nitrogens with one attached hydrogen (secondary N) is 1. The average molecular weight is 342 g/mol. The fourth-order valence-corrected chi connectivity index (χ4v) is 2.75. The van der Waals surface area contributed by atoms with Crippen molar-refractivity contribution < 1.29 is 13.6 Å². The van der Waals surface area contributed by atoms with Gasteiger partial charge < -0.3 is 5.32 Å². The second-order valence-corrected chi connectivity index (χ2v) is 6.16. The Morgan fingerprint density at radius 3 is 2.59 bits per heavy atom. The first kappa shape index (κ1) is 16.8. The lowest BCUT2D eigenvalue weighted by molar-refractivity contribution is -0.119. The Bertz CT molecular complexity index is 664. The molecule has 6 heteroatoms. The Labute approximate surface area is 136 Å². The van der Waals surface area contributed by atoms with E-state index in [1.807, 2.05) is 19.1 Å². The van der Waals surface area contributed by atoms with E-state index in [1.165, 1.54) is 0 Å². The molecule has 0 aliphatic rings. The molecule has 0 heterocycles. The van der Waals surface area contributed by atoms with Crippen LogP contribution in [0, 0.1) is 11.6 Å². The fraction of sp³-hybridized carbons (Fsp3) is 0.188. The van der Waals surface area contributed by atoms with E-state index in [2.05, 4.69) is 5.32 Å². The molecule has 0 saturated carbocycles. The van der Waals surface area contributed by atoms with E-state index in [-0.39, 0.29) is 22.6 Å². The topological polar surface area (TPSA) is 29.1 Å². The molecule has 2 aromatic carbocycles. The van der Waals surface area contributed by atoms with Gasteiger partial charge in [0.1, 0.15) is 11.6 Å². The summed E-state index contributed by atoms with van der Waals surface area (Å²) >= 11 is 6.77. The SMILES string of the molecule is C[C@H](NC(=O)CSc1cc(F)ccc1F)c1ccc(Cl)cc1. The monoisotopic (exact) mass is 341 g/mol. The Balaban J connectivity index is 1.90. The molecular formula is C16H14ClF2NOS. The molecule has 116 valence electrons. The first-order chi connectivity index (χ1) is 10.5. The molecule has 0 bridgehead atoms. The molecule has 1 N–H and O–H groups in total. The molecule has 0 aliphatic heterocycles. The molecular weight excluding hydrogens is 328 g/mol. The quantitative estimate of drug-likeness (QED) is 0.806. The summed E-state index contributed by atoms with van der Waals surface area (Å²) in [4.78, 5) is 12.0. The van der Waals surface area contributed by atoms with Crippen LogP contribution in [0.25, 0.3) is 0 Å². The van der Waals surface area contributed by atoms with E-state index in [0.29, 0.717) is 5.02 Å². The number of halogens is 3. The van der Waals surface area contributed by atoms with Crippen LogP contribution >= 0.6 is 23.4 Å². The van der Waals surface area contributed by atoms with E-state index >= 15 is 0 Å². The molecule has 2 aromatic rings. The maximum atomic E-state index is 13.5. The van der Waals surface area contributed by atoms with Crippen molar-refractivity contribution >= 4 is 29.3 Å². The zero-order valence-electron chi connectivity index (χ0n) is 11.8. The zero-order valence-corrected chi connectivity index (χ0v) is 13.3. The first-order valence-electron chi connectivity index (χ1n) is 6.58. The van der Waals surface area contributed by atoms with Crippen LogP contribution in [0.15, 0.2) is 47.4 Å². The molecule has 0 spiro atoms. The average Bonchev–Trinajstić information content (AvgIpc) is 2.49. The van der Waals surface area contributed by atoms with Gasteiger partial charge in [0.15, 0.2) is 0 Å². The molecule has 1 atom stereocenters. The Morgan fingerprint density at radius 1 is 1.23 bits per heavy atom. The predicted octanol–water partition coefficient (Wildman–Crippen LogP) is 4.59. The lowest BCUT2D eigenvalue weighted by Gasteiger charge is -2.14. The molecule has 0 fully saturated rings. The lowest BCUT2D eigenvalue weighted by atomic mass is 10.1. The van der Waals surface area contributed by atoms with Crippen LogP contribution in [0.5, 0.6) is 0 Å². The smallest absolute Gasteiger partial charge is 0.230 e. The fourth-order valence-electron chi connectivity index (χ4n) is 1.85. The van der Waals surface area contributed by atoms with E-state index < -0.39 is 11.6 Å². The Morgan fingerprint density at radius 2 is 1.91 bits per heavy atom. The van der Waals surface area contributed by atoms with Gasteiger partial charge in [-0.2, -0.15) is 0 Å². The molecule has 0 saturated heterocycles. The summed E-state index contributed by atoms with van der Waals surface area (Å²) in [6, 6.07) is 10.1. The van der Waals surface area contributed by atoms with Crippen LogP contribution in [0.1, 0.15) is 18.5 Å². The van der Waals surface area contributed by atoms with Crippen LogP contribution in [-0.4, -0.2) is 11.7 Å². The number of rotatable bonds is 5. The summed E-state index contributed by atoms with van der Waals surface area (Å²) in [5.41, 5.74) is 0.916. The van der Waals surface area contributed by atoms with Crippen LogP contribution in [-0.2, 0) is 4.79 Å². The van der Waals surface area contributed by atoms with Crippen LogP contribution in [0.2, 0.25) is 5.02 Å². The minimum absolute atomic E-state index is 0.0122. The highest BCUT2D eigenvalue weighted by Gasteiger charge is 2.12. The van der Waals surface area contributed by atoms with Crippen molar-refractivity contribution in [2.24, 2.45) is 0 Å². The Kier molecular flexibility index (Phi) is 5.80. The number of amides is 1. The lowest BCUT2D eigenvalue weighted by Crippen LogP contribution is -2.28. The van der Waals surface area contributed by atoms with Crippen molar-refractivity contribution in [3.05, 3.63) is 64.7 Å². The summed E-state index contributed by atoms with van der Waals surface area (Å²) in [5, 5.41) is 3.43. The van der Waals surface area contributed by atoms with E-state index in [1.54, 1.807) is 12.1 Å². The molecule has 0 aliphatic carbocycles. The van der Waals surface area contributed by atoms with Gasteiger partial charge in [0, 0.05) is 9.92 Å². The van der Waals surface area contributed by atoms with E-state index in [4.69, 9.17) is 11.6 Å². The second kappa shape index (κ2) is 7.61. The van der Waals surface area contributed by atoms with Gasteiger partial charge in [-0.15, -0.1) is 11.8 Å². The number of carbonyl (C=O) groups excluding carboxylic acids is 1. The summed E-state index contributed by atoms with van der Waals surface area (Å²) < 4.78 is 26.5. The van der Waals surface area contributed by atoms with Gasteiger partial charge in [0.2, 0.25) is 5.91 Å². The van der Waals surface area contributed by atoms with Crippen LogP contribution < -0.4 is 5.32 Å². The molecule has 2 rings (SSSR count). The highest BCUT2D eigenvalue weighted by Crippen LogP contribution is 2.23. The van der Waals surface area contributed by atoms with Gasteiger partial charge in [-0.25, -0.2) is 8.78 Å². The highest BCUT2D eigenvalue weighted by molar-refractivity contribution is 8.00. The summed E-state index contributed by atoms with van der Waals surface area (Å²) in [7, 11) is 0. The maximum absolute atomic E-state index is 13.5. The number of hydrogen-bond donors (Lipinski definition) is 1. The van der Waals surface area contributed by atoms with Gasteiger partial charge in [-0.1, -0.05) is 23.7 Å². The largest absolute Gasteiger partial charge is 0.349 e. The van der Waals surface area contributed by atoms with Crippen molar-refractivity contribution in [3.8, 4) is 0 Å². The van der Waals surface area contributed by atoms with Gasteiger partial charge in [0.05, 0.1) is 11.8 Å². The van der Waals surface area contributed by atoms with Gasteiger partial charge in [0.25, 0.3) is 0 Å². The molecule has 2 nitrogen and oxygen atoms in total. The predicted molar refractivity (Wildman–Crippen MR) is 85.1 cm³/mol. The molecule has 1 amide bonds. The molecule has 0 aromatic heterocycles. The minimum Gasteiger partial charge on any atom is -0.349 e. The van der Waals surface area contributed by atoms with E-state index in [0.717, 1.165) is 35.5 Å². The van der Waals surface area contributed by atoms with Crippen molar-refractivity contribution in [1.29, 1.82) is 0 Å². The third-order valence-corrected chi connectivity index (χ3v) is 4.28. The standard InChI is InChI=1S/C16H14ClF2NOS/c1-10(11-2-4-12(17)5-3-11)20-16(21)9-22-15-8-13(18)6-7-14(15)19/h2-8,10H,9H2,1H3,(H,20,21)/t10-/m0/s1. The van der Waals surface area contributed by atoms with Gasteiger partial charge in [-0.05, 0) is 42.8 Å². The second-order valence-electron chi connectivity index (χ2n) is 4.70. The minimum atomic E-state index is -0.537. The number of carbonyl (C=O) groups is 1. The molecule has 0 unspecified atom stereocenters. The summed E-state index contributed by atoms with van der Waals surface area (Å²) in [6.45, 7) is 1.84. The van der Waals surface area contributed by atoms with Crippen LogP contribution in [0.3, 0.4) is 0 Å². The summed E-state index contributed by atoms with van der Waals surface area (Å²) in [6.07, 6.45) is 0. The molecule has 22 heavy (non-hydrogen) atoms. The van der Waals surface area contributed by atoms with Crippen molar-refractivity contribution in [1.82, 2.24) is 5.32 Å². The van der Waals surface area contributed by atoms with Crippen molar-refractivity contribution in [2.45, 2.75) is 17.9 Å². The highest BCUT2D eigenvalue weighted by atomic mass is 35.5. The molecule has 0 radical (unpaired) electrons. The zero-order chi connectivity index (χ0) is 16.1. The number of thioether (sulfide) groups is 1. The maximum Gasteiger partial charge on any atom is 0.230 e. The number of benzene rings is 2.